The summed E-state index contributed by atoms with van der Waals surface area (Å²) >= 11 is 1.34. The molecule has 0 bridgehead atoms. The largest absolute Gasteiger partial charge is 0.349 e. The molecule has 0 spiro atoms. The molecular weight excluding hydrogens is 262 g/mol. The number of aromatic nitrogens is 1. The van der Waals surface area contributed by atoms with E-state index in [4.69, 9.17) is 0 Å². The van der Waals surface area contributed by atoms with Gasteiger partial charge in [-0.2, -0.15) is 0 Å². The molecule has 0 atom stereocenters. The van der Waals surface area contributed by atoms with Crippen LogP contribution in [0.15, 0.2) is 41.9 Å². The van der Waals surface area contributed by atoms with E-state index >= 15 is 0 Å². The molecule has 2 aromatic heterocycles. The highest BCUT2D eigenvalue weighted by Crippen LogP contribution is 2.07. The van der Waals surface area contributed by atoms with Crippen LogP contribution < -0.4 is 10.6 Å². The average molecular weight is 275 g/mol. The second kappa shape index (κ2) is 6.65. The summed E-state index contributed by atoms with van der Waals surface area (Å²) in [4.78, 5) is 27.8. The van der Waals surface area contributed by atoms with Crippen LogP contribution in [0.1, 0.15) is 15.4 Å². The molecular formula is C13H13N3O2S. The number of amides is 2. The molecule has 0 aliphatic rings. The molecule has 2 rings (SSSR count). The monoisotopic (exact) mass is 275 g/mol. The Hall–Kier alpha value is -2.21. The maximum atomic E-state index is 11.6. The van der Waals surface area contributed by atoms with Crippen molar-refractivity contribution in [1.82, 2.24) is 15.6 Å². The van der Waals surface area contributed by atoms with E-state index in [0.717, 1.165) is 5.69 Å². The molecule has 0 radical (unpaired) electrons. The Morgan fingerprint density at radius 1 is 1.16 bits per heavy atom. The van der Waals surface area contributed by atoms with Crippen LogP contribution in [-0.4, -0.2) is 23.3 Å². The van der Waals surface area contributed by atoms with Crippen molar-refractivity contribution < 1.29 is 9.59 Å². The number of carbonyl (C=O) groups is 2. The van der Waals surface area contributed by atoms with Crippen molar-refractivity contribution in [3.8, 4) is 0 Å². The van der Waals surface area contributed by atoms with Gasteiger partial charge in [0.25, 0.3) is 5.91 Å². The first kappa shape index (κ1) is 13.2. The van der Waals surface area contributed by atoms with Crippen LogP contribution >= 0.6 is 11.3 Å². The first-order chi connectivity index (χ1) is 9.25. The molecule has 19 heavy (non-hydrogen) atoms. The highest BCUT2D eigenvalue weighted by Gasteiger charge is 2.08. The molecule has 0 saturated heterocycles. The van der Waals surface area contributed by atoms with Gasteiger partial charge in [-0.15, -0.1) is 11.3 Å². The van der Waals surface area contributed by atoms with Gasteiger partial charge in [0.15, 0.2) is 0 Å². The maximum absolute atomic E-state index is 11.6. The minimum atomic E-state index is -0.240. The number of nitrogens with one attached hydrogen (secondary N) is 2. The van der Waals surface area contributed by atoms with Gasteiger partial charge in [0.2, 0.25) is 5.91 Å². The Bertz CT molecular complexity index is 540. The van der Waals surface area contributed by atoms with Gasteiger partial charge in [0.1, 0.15) is 0 Å². The summed E-state index contributed by atoms with van der Waals surface area (Å²) in [5.74, 6) is -0.474. The van der Waals surface area contributed by atoms with Crippen LogP contribution in [0.4, 0.5) is 0 Å². The van der Waals surface area contributed by atoms with Crippen molar-refractivity contribution in [3.05, 3.63) is 52.5 Å². The molecule has 5 nitrogen and oxygen atoms in total. The van der Waals surface area contributed by atoms with E-state index in [1.54, 1.807) is 18.3 Å². The summed E-state index contributed by atoms with van der Waals surface area (Å²) in [6.45, 7) is 0.318. The first-order valence-corrected chi connectivity index (χ1v) is 6.62. The fraction of sp³-hybridized carbons (Fsp3) is 0.154. The van der Waals surface area contributed by atoms with Crippen LogP contribution in [0.2, 0.25) is 0 Å². The number of hydrogen-bond acceptors (Lipinski definition) is 4. The Morgan fingerprint density at radius 3 is 2.74 bits per heavy atom. The van der Waals surface area contributed by atoms with Crippen molar-refractivity contribution >= 4 is 23.2 Å². The predicted octanol–water partition coefficient (Wildman–Crippen LogP) is 1.19. The number of carbonyl (C=O) groups excluding carboxylic acids is 2. The fourth-order valence-corrected chi connectivity index (χ4v) is 2.05. The molecule has 0 aliphatic heterocycles. The van der Waals surface area contributed by atoms with Gasteiger partial charge < -0.3 is 10.6 Å². The quantitative estimate of drug-likeness (QED) is 0.861. The minimum absolute atomic E-state index is 0.0381. The molecule has 2 aromatic rings. The first-order valence-electron chi connectivity index (χ1n) is 5.74. The van der Waals surface area contributed by atoms with Crippen molar-refractivity contribution in [2.75, 3.05) is 6.54 Å². The molecule has 0 unspecified atom stereocenters. The Labute approximate surface area is 114 Å². The number of rotatable bonds is 5. The predicted molar refractivity (Wildman–Crippen MR) is 72.7 cm³/mol. The van der Waals surface area contributed by atoms with E-state index in [1.165, 1.54) is 11.3 Å². The summed E-state index contributed by atoms with van der Waals surface area (Å²) in [7, 11) is 0. The summed E-state index contributed by atoms with van der Waals surface area (Å²) in [5.41, 5.74) is 0.778. The van der Waals surface area contributed by atoms with Crippen molar-refractivity contribution in [3.63, 3.8) is 0 Å². The highest BCUT2D eigenvalue weighted by atomic mass is 32.1. The van der Waals surface area contributed by atoms with Crippen LogP contribution in [0.25, 0.3) is 0 Å². The van der Waals surface area contributed by atoms with Crippen molar-refractivity contribution in [1.29, 1.82) is 0 Å². The molecule has 6 heteroatoms. The highest BCUT2D eigenvalue weighted by molar-refractivity contribution is 7.12. The Morgan fingerprint density at radius 2 is 2.05 bits per heavy atom. The zero-order valence-corrected chi connectivity index (χ0v) is 10.9. The lowest BCUT2D eigenvalue weighted by molar-refractivity contribution is -0.120. The van der Waals surface area contributed by atoms with Gasteiger partial charge in [0.05, 0.1) is 23.7 Å². The van der Waals surface area contributed by atoms with E-state index in [-0.39, 0.29) is 18.4 Å². The minimum Gasteiger partial charge on any atom is -0.349 e. The average Bonchev–Trinajstić information content (AvgIpc) is 2.98. The molecule has 0 aromatic carbocycles. The topological polar surface area (TPSA) is 71.1 Å². The third kappa shape index (κ3) is 4.18. The second-order valence-corrected chi connectivity index (χ2v) is 4.71. The smallest absolute Gasteiger partial charge is 0.261 e. The lowest BCUT2D eigenvalue weighted by atomic mass is 10.3. The summed E-state index contributed by atoms with van der Waals surface area (Å²) in [6, 6.07) is 9.00. The van der Waals surface area contributed by atoms with Crippen LogP contribution in [0, 0.1) is 0 Å². The van der Waals surface area contributed by atoms with Crippen LogP contribution in [0.5, 0.6) is 0 Å². The van der Waals surface area contributed by atoms with Crippen molar-refractivity contribution in [2.45, 2.75) is 6.54 Å². The van der Waals surface area contributed by atoms with Gasteiger partial charge in [-0.1, -0.05) is 12.1 Å². The number of nitrogens with zero attached hydrogens (tertiary/aromatic N) is 1. The summed E-state index contributed by atoms with van der Waals surface area (Å²) in [6.07, 6.45) is 1.67. The Balaban J connectivity index is 1.72. The van der Waals surface area contributed by atoms with E-state index < -0.39 is 0 Å². The lowest BCUT2D eigenvalue weighted by Crippen LogP contribution is -2.36. The normalized spacial score (nSPS) is 9.89. The third-order valence-corrected chi connectivity index (χ3v) is 3.22. The van der Waals surface area contributed by atoms with Crippen molar-refractivity contribution in [2.24, 2.45) is 0 Å². The van der Waals surface area contributed by atoms with Gasteiger partial charge in [-0.05, 0) is 23.6 Å². The number of thiophene rings is 1. The maximum Gasteiger partial charge on any atom is 0.261 e. The second-order valence-electron chi connectivity index (χ2n) is 3.76. The summed E-state index contributed by atoms with van der Waals surface area (Å²) < 4.78 is 0. The van der Waals surface area contributed by atoms with Gasteiger partial charge in [-0.3, -0.25) is 14.6 Å². The molecule has 98 valence electrons. The molecule has 0 aliphatic carbocycles. The number of pyridine rings is 1. The zero-order chi connectivity index (χ0) is 13.5. The van der Waals surface area contributed by atoms with E-state index in [0.29, 0.717) is 11.4 Å². The molecule has 0 saturated carbocycles. The van der Waals surface area contributed by atoms with Crippen LogP contribution in [-0.2, 0) is 11.3 Å². The summed E-state index contributed by atoms with van der Waals surface area (Å²) in [5, 5.41) is 7.06. The Kier molecular flexibility index (Phi) is 4.63. The third-order valence-electron chi connectivity index (χ3n) is 2.35. The fourth-order valence-electron chi connectivity index (χ4n) is 1.41. The standard InChI is InChI=1S/C13H13N3O2S/c17-12(15-8-10-4-1-2-6-14-10)9-16-13(18)11-5-3-7-19-11/h1-7H,8-9H2,(H,15,17)(H,16,18). The van der Waals surface area contributed by atoms with E-state index in [9.17, 15) is 9.59 Å². The van der Waals surface area contributed by atoms with Gasteiger partial charge >= 0.3 is 0 Å². The zero-order valence-electron chi connectivity index (χ0n) is 10.1. The molecule has 2 N–H and O–H groups in total. The SMILES string of the molecule is O=C(CNC(=O)c1cccs1)NCc1ccccn1. The molecule has 2 heterocycles. The lowest BCUT2D eigenvalue weighted by Gasteiger charge is -2.05. The van der Waals surface area contributed by atoms with Crippen LogP contribution in [0.3, 0.4) is 0 Å². The molecule has 2 amide bonds. The molecule has 0 fully saturated rings. The van der Waals surface area contributed by atoms with Gasteiger partial charge in [0, 0.05) is 6.20 Å². The van der Waals surface area contributed by atoms with E-state index in [2.05, 4.69) is 15.6 Å². The van der Waals surface area contributed by atoms with Gasteiger partial charge in [-0.25, -0.2) is 0 Å². The number of hydrogen-bond donors (Lipinski definition) is 2. The van der Waals surface area contributed by atoms with E-state index in [1.807, 2.05) is 23.6 Å².